The van der Waals surface area contributed by atoms with E-state index in [0.29, 0.717) is 16.5 Å². The van der Waals surface area contributed by atoms with Crippen molar-refractivity contribution in [3.63, 3.8) is 0 Å². The maximum Gasteiger partial charge on any atom is 0.202 e. The normalized spacial score (nSPS) is 10.5. The number of hydrogen-bond donors (Lipinski definition) is 1. The second kappa shape index (κ2) is 5.18. The second-order valence-corrected chi connectivity index (χ2v) is 4.26. The molecule has 0 aliphatic heterocycles. The fourth-order valence-electron chi connectivity index (χ4n) is 1.33. The van der Waals surface area contributed by atoms with Crippen LogP contribution in [0.3, 0.4) is 0 Å². The van der Waals surface area contributed by atoms with Gasteiger partial charge in [-0.15, -0.1) is 0 Å². The summed E-state index contributed by atoms with van der Waals surface area (Å²) in [6.07, 6.45) is 0.976. The predicted molar refractivity (Wildman–Crippen MR) is 64.0 cm³/mol. The average molecular weight is 255 g/mol. The van der Waals surface area contributed by atoms with E-state index in [4.69, 9.17) is 0 Å². The summed E-state index contributed by atoms with van der Waals surface area (Å²) in [6, 6.07) is 3.26. The highest BCUT2D eigenvalue weighted by Crippen LogP contribution is 2.22. The molecule has 0 atom stereocenters. The molecular weight excluding hydrogens is 244 g/mol. The Morgan fingerprint density at radius 3 is 2.59 bits per heavy atom. The molecule has 1 heterocycles. The lowest BCUT2D eigenvalue weighted by Crippen LogP contribution is -1.98. The van der Waals surface area contributed by atoms with Crippen LogP contribution in [-0.2, 0) is 0 Å². The zero-order valence-electron chi connectivity index (χ0n) is 9.20. The molecule has 3 nitrogen and oxygen atoms in total. The van der Waals surface area contributed by atoms with Crippen molar-refractivity contribution < 1.29 is 8.78 Å². The van der Waals surface area contributed by atoms with Gasteiger partial charge in [0.15, 0.2) is 5.82 Å². The SMILES string of the molecule is CCCNc1nc(-c2cc(F)cc(F)c2)ns1. The van der Waals surface area contributed by atoms with E-state index in [2.05, 4.69) is 14.7 Å². The van der Waals surface area contributed by atoms with Crippen LogP contribution in [0, 0.1) is 11.6 Å². The van der Waals surface area contributed by atoms with Gasteiger partial charge in [0.2, 0.25) is 5.13 Å². The number of benzene rings is 1. The molecule has 0 amide bonds. The maximum atomic E-state index is 13.0. The molecule has 0 unspecified atom stereocenters. The molecule has 0 saturated carbocycles. The Kier molecular flexibility index (Phi) is 3.63. The third-order valence-corrected chi connectivity index (χ3v) is 2.75. The molecule has 2 rings (SSSR count). The summed E-state index contributed by atoms with van der Waals surface area (Å²) in [5, 5.41) is 3.73. The van der Waals surface area contributed by atoms with Gasteiger partial charge in [-0.1, -0.05) is 6.92 Å². The zero-order valence-corrected chi connectivity index (χ0v) is 10.0. The lowest BCUT2D eigenvalue weighted by molar-refractivity contribution is 0.584. The van der Waals surface area contributed by atoms with Gasteiger partial charge in [-0.05, 0) is 18.6 Å². The van der Waals surface area contributed by atoms with E-state index in [9.17, 15) is 8.78 Å². The number of nitrogens with zero attached hydrogens (tertiary/aromatic N) is 2. The molecule has 0 fully saturated rings. The topological polar surface area (TPSA) is 37.8 Å². The fourth-order valence-corrected chi connectivity index (χ4v) is 1.94. The van der Waals surface area contributed by atoms with Gasteiger partial charge in [-0.2, -0.15) is 9.36 Å². The van der Waals surface area contributed by atoms with Crippen LogP contribution in [0.1, 0.15) is 13.3 Å². The van der Waals surface area contributed by atoms with Crippen molar-refractivity contribution in [1.29, 1.82) is 0 Å². The summed E-state index contributed by atoms with van der Waals surface area (Å²) in [6.45, 7) is 2.84. The number of rotatable bonds is 4. The molecule has 0 aliphatic carbocycles. The van der Waals surface area contributed by atoms with Crippen LogP contribution in [0.25, 0.3) is 11.4 Å². The van der Waals surface area contributed by atoms with Crippen molar-refractivity contribution in [2.75, 3.05) is 11.9 Å². The van der Waals surface area contributed by atoms with Gasteiger partial charge in [0, 0.05) is 29.7 Å². The minimum atomic E-state index is -0.627. The van der Waals surface area contributed by atoms with Crippen LogP contribution >= 0.6 is 11.5 Å². The Morgan fingerprint density at radius 1 is 1.24 bits per heavy atom. The predicted octanol–water partition coefficient (Wildman–Crippen LogP) is 3.31. The molecular formula is C11H11F2N3S. The highest BCUT2D eigenvalue weighted by atomic mass is 32.1. The van der Waals surface area contributed by atoms with Crippen LogP contribution in [0.15, 0.2) is 18.2 Å². The first-order chi connectivity index (χ1) is 8.19. The second-order valence-electron chi connectivity index (χ2n) is 3.51. The summed E-state index contributed by atoms with van der Waals surface area (Å²) in [7, 11) is 0. The van der Waals surface area contributed by atoms with Gasteiger partial charge in [-0.25, -0.2) is 8.78 Å². The highest BCUT2D eigenvalue weighted by molar-refractivity contribution is 7.09. The van der Waals surface area contributed by atoms with Crippen molar-refractivity contribution in [2.45, 2.75) is 13.3 Å². The van der Waals surface area contributed by atoms with Gasteiger partial charge < -0.3 is 5.32 Å². The Bertz CT molecular complexity index is 493. The van der Waals surface area contributed by atoms with E-state index in [1.165, 1.54) is 23.7 Å². The van der Waals surface area contributed by atoms with E-state index in [1.807, 2.05) is 6.92 Å². The molecule has 0 radical (unpaired) electrons. The van der Waals surface area contributed by atoms with Crippen molar-refractivity contribution in [3.8, 4) is 11.4 Å². The summed E-state index contributed by atoms with van der Waals surface area (Å²) in [5.41, 5.74) is 0.350. The summed E-state index contributed by atoms with van der Waals surface area (Å²) in [4.78, 5) is 4.16. The van der Waals surface area contributed by atoms with Gasteiger partial charge in [-0.3, -0.25) is 0 Å². The quantitative estimate of drug-likeness (QED) is 0.910. The maximum absolute atomic E-state index is 13.0. The highest BCUT2D eigenvalue weighted by Gasteiger charge is 2.08. The Labute approximate surface area is 102 Å². The summed E-state index contributed by atoms with van der Waals surface area (Å²) >= 11 is 1.18. The lowest BCUT2D eigenvalue weighted by atomic mass is 10.2. The molecule has 90 valence electrons. The first kappa shape index (κ1) is 11.9. The van der Waals surface area contributed by atoms with Gasteiger partial charge in [0.25, 0.3) is 0 Å². The van der Waals surface area contributed by atoms with E-state index >= 15 is 0 Å². The number of halogens is 2. The molecule has 17 heavy (non-hydrogen) atoms. The van der Waals surface area contributed by atoms with Crippen LogP contribution < -0.4 is 5.32 Å². The van der Waals surface area contributed by atoms with Gasteiger partial charge in [0.1, 0.15) is 11.6 Å². The fraction of sp³-hybridized carbons (Fsp3) is 0.273. The van der Waals surface area contributed by atoms with E-state index in [-0.39, 0.29) is 0 Å². The first-order valence-corrected chi connectivity index (χ1v) is 6.00. The molecule has 2 aromatic rings. The largest absolute Gasteiger partial charge is 0.360 e. The minimum absolute atomic E-state index is 0.340. The Balaban J connectivity index is 2.24. The standard InChI is InChI=1S/C11H11F2N3S/c1-2-3-14-11-15-10(16-17-11)7-4-8(12)6-9(13)5-7/h4-6H,2-3H2,1H3,(H,14,15,16). The summed E-state index contributed by atoms with van der Waals surface area (Å²) < 4.78 is 30.1. The molecule has 0 saturated heterocycles. The third kappa shape index (κ3) is 2.97. The summed E-state index contributed by atoms with van der Waals surface area (Å²) in [5.74, 6) is -0.914. The Hall–Kier alpha value is -1.56. The minimum Gasteiger partial charge on any atom is -0.360 e. The van der Waals surface area contributed by atoms with Crippen LogP contribution in [0.5, 0.6) is 0 Å². The van der Waals surface area contributed by atoms with Crippen LogP contribution in [-0.4, -0.2) is 15.9 Å². The van der Waals surface area contributed by atoms with Crippen LogP contribution in [0.4, 0.5) is 13.9 Å². The number of hydrogen-bond acceptors (Lipinski definition) is 4. The zero-order chi connectivity index (χ0) is 12.3. The third-order valence-electron chi connectivity index (χ3n) is 2.07. The van der Waals surface area contributed by atoms with Gasteiger partial charge >= 0.3 is 0 Å². The van der Waals surface area contributed by atoms with Crippen LogP contribution in [0.2, 0.25) is 0 Å². The smallest absolute Gasteiger partial charge is 0.202 e. The van der Waals surface area contributed by atoms with Crippen molar-refractivity contribution in [1.82, 2.24) is 9.36 Å². The average Bonchev–Trinajstić information content (AvgIpc) is 2.73. The van der Waals surface area contributed by atoms with Gasteiger partial charge in [0.05, 0.1) is 0 Å². The molecule has 0 aliphatic rings. The monoisotopic (exact) mass is 255 g/mol. The molecule has 6 heteroatoms. The van der Waals surface area contributed by atoms with E-state index < -0.39 is 11.6 Å². The number of nitrogens with one attached hydrogen (secondary N) is 1. The number of aromatic nitrogens is 2. The Morgan fingerprint density at radius 2 is 1.94 bits per heavy atom. The first-order valence-electron chi connectivity index (χ1n) is 5.23. The van der Waals surface area contributed by atoms with E-state index in [0.717, 1.165) is 19.0 Å². The molecule has 1 N–H and O–H groups in total. The lowest BCUT2D eigenvalue weighted by Gasteiger charge is -1.97. The number of anilines is 1. The molecule has 1 aromatic carbocycles. The van der Waals surface area contributed by atoms with E-state index in [1.54, 1.807) is 0 Å². The van der Waals surface area contributed by atoms with Crippen molar-refractivity contribution >= 4 is 16.7 Å². The molecule has 0 spiro atoms. The molecule has 1 aromatic heterocycles. The van der Waals surface area contributed by atoms with Crippen molar-refractivity contribution in [2.24, 2.45) is 0 Å². The molecule has 0 bridgehead atoms. The van der Waals surface area contributed by atoms with Crippen molar-refractivity contribution in [3.05, 3.63) is 29.8 Å².